The fraction of sp³-hybridized carbons (Fsp3) is 0.714. The van der Waals surface area contributed by atoms with Gasteiger partial charge in [0.25, 0.3) is 11.1 Å². The number of rotatable bonds is 3. The SMILES string of the molecule is CCCC#CCOS(=O)C(F)(F)F. The van der Waals surface area contributed by atoms with Gasteiger partial charge in [-0.2, -0.15) is 13.2 Å². The second-order valence-electron chi connectivity index (χ2n) is 2.05. The van der Waals surface area contributed by atoms with Crippen molar-refractivity contribution in [2.24, 2.45) is 0 Å². The Bertz CT molecular complexity index is 226. The number of hydrogen-bond donors (Lipinski definition) is 0. The standard InChI is InChI=1S/C7H9F3O2S/c1-2-3-4-5-6-12-13(11)7(8,9)10/h2-3,6H2,1H3. The molecule has 0 N–H and O–H groups in total. The van der Waals surface area contributed by atoms with Crippen molar-refractivity contribution in [3.63, 3.8) is 0 Å². The van der Waals surface area contributed by atoms with Crippen LogP contribution in [0.3, 0.4) is 0 Å². The molecule has 1 unspecified atom stereocenters. The minimum atomic E-state index is -4.81. The van der Waals surface area contributed by atoms with Crippen LogP contribution in [0.4, 0.5) is 13.2 Å². The minimum absolute atomic E-state index is 0.452. The van der Waals surface area contributed by atoms with Gasteiger partial charge in [-0.25, -0.2) is 4.21 Å². The van der Waals surface area contributed by atoms with Crippen LogP contribution >= 0.6 is 0 Å². The van der Waals surface area contributed by atoms with Crippen molar-refractivity contribution < 1.29 is 21.6 Å². The van der Waals surface area contributed by atoms with E-state index in [0.29, 0.717) is 6.42 Å². The predicted molar refractivity (Wildman–Crippen MR) is 42.8 cm³/mol. The van der Waals surface area contributed by atoms with Crippen LogP contribution in [0.5, 0.6) is 0 Å². The van der Waals surface area contributed by atoms with Gasteiger partial charge >= 0.3 is 5.51 Å². The van der Waals surface area contributed by atoms with Gasteiger partial charge in [0, 0.05) is 6.42 Å². The zero-order valence-corrected chi connectivity index (χ0v) is 7.80. The molecule has 0 saturated carbocycles. The first kappa shape index (κ1) is 12.5. The highest BCUT2D eigenvalue weighted by Crippen LogP contribution is 2.20. The van der Waals surface area contributed by atoms with Crippen LogP contribution in [-0.2, 0) is 15.3 Å². The van der Waals surface area contributed by atoms with E-state index >= 15 is 0 Å². The van der Waals surface area contributed by atoms with Crippen molar-refractivity contribution in [1.29, 1.82) is 0 Å². The molecule has 0 rings (SSSR count). The average Bonchev–Trinajstić information content (AvgIpc) is 2.02. The van der Waals surface area contributed by atoms with Gasteiger partial charge in [0.2, 0.25) is 0 Å². The van der Waals surface area contributed by atoms with Gasteiger partial charge in [-0.05, 0) is 6.42 Å². The summed E-state index contributed by atoms with van der Waals surface area (Å²) in [7, 11) is 0. The van der Waals surface area contributed by atoms with Gasteiger partial charge in [-0.15, -0.1) is 5.92 Å². The molecule has 13 heavy (non-hydrogen) atoms. The summed E-state index contributed by atoms with van der Waals surface area (Å²) in [5, 5.41) is 0. The van der Waals surface area contributed by atoms with E-state index in [9.17, 15) is 17.4 Å². The summed E-state index contributed by atoms with van der Waals surface area (Å²) in [4.78, 5) is 0. The van der Waals surface area contributed by atoms with Gasteiger partial charge in [-0.3, -0.25) is 4.18 Å². The second-order valence-corrected chi connectivity index (χ2v) is 3.21. The van der Waals surface area contributed by atoms with E-state index in [1.807, 2.05) is 6.92 Å². The van der Waals surface area contributed by atoms with Crippen LogP contribution in [0.25, 0.3) is 0 Å². The third kappa shape index (κ3) is 6.61. The number of hydrogen-bond acceptors (Lipinski definition) is 2. The molecule has 0 aromatic heterocycles. The average molecular weight is 214 g/mol. The van der Waals surface area contributed by atoms with Crippen molar-refractivity contribution in [3.8, 4) is 11.8 Å². The van der Waals surface area contributed by atoms with Crippen molar-refractivity contribution >= 4 is 11.1 Å². The topological polar surface area (TPSA) is 26.3 Å². The molecular formula is C7H9F3O2S. The number of halogens is 3. The molecule has 0 aromatic carbocycles. The maximum atomic E-state index is 11.6. The lowest BCUT2D eigenvalue weighted by Gasteiger charge is -2.02. The molecule has 6 heteroatoms. The van der Waals surface area contributed by atoms with Crippen LogP contribution in [0.1, 0.15) is 19.8 Å². The molecule has 0 fully saturated rings. The lowest BCUT2D eigenvalue weighted by atomic mass is 10.3. The summed E-state index contributed by atoms with van der Waals surface area (Å²) in [6.07, 6.45) is 1.43. The van der Waals surface area contributed by atoms with Gasteiger partial charge in [0.1, 0.15) is 6.61 Å². The lowest BCUT2D eigenvalue weighted by Crippen LogP contribution is -2.18. The molecule has 2 nitrogen and oxygen atoms in total. The first-order valence-corrected chi connectivity index (χ1v) is 4.63. The molecule has 0 bridgehead atoms. The summed E-state index contributed by atoms with van der Waals surface area (Å²) < 4.78 is 48.8. The molecule has 0 spiro atoms. The smallest absolute Gasteiger partial charge is 0.271 e. The first-order chi connectivity index (χ1) is 5.98. The Kier molecular flexibility index (Phi) is 5.75. The van der Waals surface area contributed by atoms with Gasteiger partial charge < -0.3 is 0 Å². The molecule has 0 heterocycles. The molecule has 0 aromatic rings. The van der Waals surface area contributed by atoms with E-state index < -0.39 is 23.2 Å². The number of alkyl halides is 3. The van der Waals surface area contributed by atoms with Crippen molar-refractivity contribution in [3.05, 3.63) is 0 Å². The Balaban J connectivity index is 3.68. The molecule has 1 atom stereocenters. The molecule has 0 saturated heterocycles. The minimum Gasteiger partial charge on any atom is -0.271 e. The largest absolute Gasteiger partial charge is 0.497 e. The molecule has 0 aliphatic carbocycles. The molecular weight excluding hydrogens is 205 g/mol. The lowest BCUT2D eigenvalue weighted by molar-refractivity contribution is -0.0465. The Hall–Kier alpha value is -0.540. The second kappa shape index (κ2) is 6.00. The molecule has 76 valence electrons. The van der Waals surface area contributed by atoms with E-state index in [2.05, 4.69) is 16.0 Å². The van der Waals surface area contributed by atoms with Crippen molar-refractivity contribution in [2.75, 3.05) is 6.61 Å². The Morgan fingerprint density at radius 1 is 1.38 bits per heavy atom. The first-order valence-electron chi connectivity index (χ1n) is 3.56. The normalized spacial score (nSPS) is 13.2. The van der Waals surface area contributed by atoms with Crippen LogP contribution in [0.15, 0.2) is 0 Å². The summed E-state index contributed by atoms with van der Waals surface area (Å²) >= 11 is -3.25. The van der Waals surface area contributed by atoms with Crippen molar-refractivity contribution in [1.82, 2.24) is 0 Å². The fourth-order valence-electron chi connectivity index (χ4n) is 0.414. The van der Waals surface area contributed by atoms with E-state index in [-0.39, 0.29) is 0 Å². The maximum absolute atomic E-state index is 11.6. The van der Waals surface area contributed by atoms with Crippen LogP contribution in [-0.4, -0.2) is 16.3 Å². The third-order valence-corrected chi connectivity index (χ3v) is 1.64. The highest BCUT2D eigenvalue weighted by Gasteiger charge is 2.38. The summed E-state index contributed by atoms with van der Waals surface area (Å²) in [6.45, 7) is 1.44. The van der Waals surface area contributed by atoms with E-state index in [1.54, 1.807) is 0 Å². The van der Waals surface area contributed by atoms with E-state index in [1.165, 1.54) is 0 Å². The molecule has 0 amide bonds. The monoisotopic (exact) mass is 214 g/mol. The van der Waals surface area contributed by atoms with Gasteiger partial charge in [0.05, 0.1) is 0 Å². The summed E-state index contributed by atoms with van der Waals surface area (Å²) in [5.74, 6) is 4.89. The molecule has 0 aliphatic heterocycles. The molecule has 0 radical (unpaired) electrons. The highest BCUT2D eigenvalue weighted by atomic mass is 32.2. The van der Waals surface area contributed by atoms with Crippen LogP contribution in [0.2, 0.25) is 0 Å². The zero-order valence-electron chi connectivity index (χ0n) is 6.98. The Labute approximate surface area is 77.1 Å². The van der Waals surface area contributed by atoms with Crippen LogP contribution in [0, 0.1) is 11.8 Å². The Morgan fingerprint density at radius 3 is 2.46 bits per heavy atom. The third-order valence-electron chi connectivity index (χ3n) is 0.927. The van der Waals surface area contributed by atoms with Gasteiger partial charge in [-0.1, -0.05) is 12.8 Å². The highest BCUT2D eigenvalue weighted by molar-refractivity contribution is 7.81. The predicted octanol–water partition coefficient (Wildman–Crippen LogP) is 1.99. The molecule has 0 aliphatic rings. The quantitative estimate of drug-likeness (QED) is 0.671. The Morgan fingerprint density at radius 2 is 2.00 bits per heavy atom. The van der Waals surface area contributed by atoms with Crippen molar-refractivity contribution in [2.45, 2.75) is 25.3 Å². The van der Waals surface area contributed by atoms with E-state index in [4.69, 9.17) is 0 Å². The fourth-order valence-corrected chi connectivity index (χ4v) is 0.714. The van der Waals surface area contributed by atoms with Gasteiger partial charge in [0.15, 0.2) is 0 Å². The number of unbranched alkanes of at least 4 members (excludes halogenated alkanes) is 1. The zero-order chi connectivity index (χ0) is 10.3. The van der Waals surface area contributed by atoms with Crippen LogP contribution < -0.4 is 0 Å². The maximum Gasteiger partial charge on any atom is 0.497 e. The van der Waals surface area contributed by atoms with E-state index in [0.717, 1.165) is 6.42 Å². The summed E-state index contributed by atoms with van der Waals surface area (Å²) in [5.41, 5.74) is -4.81. The summed E-state index contributed by atoms with van der Waals surface area (Å²) in [6, 6.07) is 0.